The molecule has 0 fully saturated rings. The predicted octanol–water partition coefficient (Wildman–Crippen LogP) is 5.06. The number of anilines is 2. The van der Waals surface area contributed by atoms with E-state index >= 15 is 0 Å². The third-order valence-electron chi connectivity index (χ3n) is 5.54. The maximum absolute atomic E-state index is 12.5. The zero-order valence-corrected chi connectivity index (χ0v) is 19.8. The molecule has 0 saturated heterocycles. The van der Waals surface area contributed by atoms with Crippen molar-refractivity contribution < 1.29 is 27.9 Å². The van der Waals surface area contributed by atoms with E-state index in [9.17, 15) is 23.5 Å². The molecule has 8 nitrogen and oxygen atoms in total. The van der Waals surface area contributed by atoms with Crippen LogP contribution in [0.1, 0.15) is 24.4 Å². The molecule has 0 spiro atoms. The maximum atomic E-state index is 12.5. The smallest absolute Gasteiger partial charge is 0.327 e. The van der Waals surface area contributed by atoms with E-state index in [-0.39, 0.29) is 17.4 Å². The number of fused-ring (bicyclic) bond motifs is 1. The van der Waals surface area contributed by atoms with Gasteiger partial charge in [0.1, 0.15) is 11.6 Å². The van der Waals surface area contributed by atoms with Gasteiger partial charge in [-0.15, -0.1) is 0 Å². The summed E-state index contributed by atoms with van der Waals surface area (Å²) in [7, 11) is 0. The summed E-state index contributed by atoms with van der Waals surface area (Å²) in [5, 5.41) is 13.2. The van der Waals surface area contributed by atoms with Crippen molar-refractivity contribution in [2.24, 2.45) is 5.92 Å². The Balaban J connectivity index is 1.49. The largest absolute Gasteiger partial charge is 0.755 e. The van der Waals surface area contributed by atoms with Crippen LogP contribution in [-0.2, 0) is 16.1 Å². The van der Waals surface area contributed by atoms with Crippen molar-refractivity contribution in [3.63, 3.8) is 0 Å². The van der Waals surface area contributed by atoms with E-state index in [1.807, 2.05) is 30.3 Å². The van der Waals surface area contributed by atoms with Crippen LogP contribution in [0.4, 0.5) is 11.4 Å². The Morgan fingerprint density at radius 3 is 2.11 bits per heavy atom. The first-order chi connectivity index (χ1) is 16.7. The van der Waals surface area contributed by atoms with Gasteiger partial charge in [0.05, 0.1) is 0 Å². The van der Waals surface area contributed by atoms with Gasteiger partial charge in [-0.1, -0.05) is 56.3 Å². The minimum absolute atomic E-state index is 0.215. The number of para-hydroxylation sites is 1. The van der Waals surface area contributed by atoms with Gasteiger partial charge in [-0.25, -0.2) is 4.79 Å². The van der Waals surface area contributed by atoms with Crippen LogP contribution in [0.25, 0.3) is 22.1 Å². The topological polar surface area (TPSA) is 123 Å². The molecule has 0 aliphatic rings. The second-order valence-electron chi connectivity index (χ2n) is 8.30. The van der Waals surface area contributed by atoms with Gasteiger partial charge in [0.25, 0.3) is 5.91 Å². The first-order valence-corrected chi connectivity index (χ1v) is 11.9. The lowest BCUT2D eigenvalue weighted by molar-refractivity contribution is -0.139. The van der Waals surface area contributed by atoms with E-state index < -0.39 is 29.2 Å². The lowest BCUT2D eigenvalue weighted by Crippen LogP contribution is -2.45. The Morgan fingerprint density at radius 1 is 0.971 bits per heavy atom. The molecule has 35 heavy (non-hydrogen) atoms. The summed E-state index contributed by atoms with van der Waals surface area (Å²) < 4.78 is 30.1. The molecule has 4 rings (SSSR count). The highest BCUT2D eigenvalue weighted by Crippen LogP contribution is 2.28. The van der Waals surface area contributed by atoms with Crippen molar-refractivity contribution >= 4 is 45.5 Å². The van der Waals surface area contributed by atoms with Crippen LogP contribution < -0.4 is 9.62 Å². The number of hydrogen-bond acceptors (Lipinski definition) is 5. The molecule has 9 heteroatoms. The highest BCUT2D eigenvalue weighted by molar-refractivity contribution is 7.80. The molecule has 1 aromatic heterocycles. The van der Waals surface area contributed by atoms with E-state index in [0.29, 0.717) is 11.3 Å². The minimum atomic E-state index is -2.75. The van der Waals surface area contributed by atoms with Crippen LogP contribution in [0.5, 0.6) is 0 Å². The molecule has 180 valence electrons. The number of nitrogens with one attached hydrogen (secondary N) is 1. The molecule has 0 aliphatic carbocycles. The van der Waals surface area contributed by atoms with Crippen LogP contribution in [0, 0.1) is 5.92 Å². The van der Waals surface area contributed by atoms with Gasteiger partial charge in [0, 0.05) is 28.0 Å². The Kier molecular flexibility index (Phi) is 6.99. The molecular weight excluding hydrogens is 468 g/mol. The number of aliphatic carboxylic acids is 1. The summed E-state index contributed by atoms with van der Waals surface area (Å²) in [6.07, 6.45) is 0. The van der Waals surface area contributed by atoms with E-state index in [1.54, 1.807) is 62.4 Å². The van der Waals surface area contributed by atoms with Crippen LogP contribution in [0.2, 0.25) is 0 Å². The number of nitrogens with zero attached hydrogens (tertiary/aromatic N) is 1. The first kappa shape index (κ1) is 24.2. The summed E-state index contributed by atoms with van der Waals surface area (Å²) in [6, 6.07) is 21.6. The number of carbonyl (C=O) groups excluding carboxylic acids is 1. The van der Waals surface area contributed by atoms with Crippen molar-refractivity contribution in [3.05, 3.63) is 84.6 Å². The summed E-state index contributed by atoms with van der Waals surface area (Å²) in [5.41, 5.74) is 3.13. The summed E-state index contributed by atoms with van der Waals surface area (Å²) in [6.45, 7) is 3.31. The van der Waals surface area contributed by atoms with Crippen molar-refractivity contribution in [2.45, 2.75) is 19.9 Å². The fourth-order valence-electron chi connectivity index (χ4n) is 3.83. The van der Waals surface area contributed by atoms with Crippen molar-refractivity contribution in [2.75, 3.05) is 9.62 Å². The predicted molar refractivity (Wildman–Crippen MR) is 134 cm³/mol. The molecule has 1 heterocycles. The molecule has 0 bridgehead atoms. The second-order valence-corrected chi connectivity index (χ2v) is 9.12. The van der Waals surface area contributed by atoms with Crippen molar-refractivity contribution in [3.8, 4) is 11.1 Å². The van der Waals surface area contributed by atoms with Gasteiger partial charge in [0.15, 0.2) is 5.76 Å². The van der Waals surface area contributed by atoms with E-state index in [4.69, 9.17) is 4.42 Å². The fraction of sp³-hybridized carbons (Fsp3) is 0.154. The Hall–Kier alpha value is -3.95. The van der Waals surface area contributed by atoms with Crippen LogP contribution >= 0.6 is 0 Å². The summed E-state index contributed by atoms with van der Waals surface area (Å²) in [4.78, 5) is 24.2. The molecule has 2 unspecified atom stereocenters. The second kappa shape index (κ2) is 10.1. The van der Waals surface area contributed by atoms with Gasteiger partial charge < -0.3 is 19.4 Å². The molecule has 0 radical (unpaired) electrons. The van der Waals surface area contributed by atoms with E-state index in [2.05, 4.69) is 5.32 Å². The molecular formula is C26H23N2O6S-. The number of benzene rings is 3. The monoisotopic (exact) mass is 491 g/mol. The molecule has 3 aromatic carbocycles. The zero-order valence-electron chi connectivity index (χ0n) is 19.0. The van der Waals surface area contributed by atoms with Gasteiger partial charge in [-0.2, -0.15) is 0 Å². The number of carboxylic acids is 1. The molecule has 4 aromatic rings. The van der Waals surface area contributed by atoms with Gasteiger partial charge in [0.2, 0.25) is 0 Å². The number of hydrogen-bond donors (Lipinski definition) is 2. The number of carboxylic acid groups (broad SMARTS) is 1. The molecule has 2 atom stereocenters. The van der Waals surface area contributed by atoms with E-state index in [1.165, 1.54) is 0 Å². The number of furan rings is 1. The summed E-state index contributed by atoms with van der Waals surface area (Å²) in [5.74, 6) is -1.78. The van der Waals surface area contributed by atoms with E-state index in [0.717, 1.165) is 20.8 Å². The van der Waals surface area contributed by atoms with Crippen LogP contribution in [0.3, 0.4) is 0 Å². The van der Waals surface area contributed by atoms with Crippen LogP contribution in [-0.4, -0.2) is 31.8 Å². The zero-order chi connectivity index (χ0) is 25.1. The van der Waals surface area contributed by atoms with Gasteiger partial charge >= 0.3 is 5.97 Å². The quantitative estimate of drug-likeness (QED) is 0.332. The minimum Gasteiger partial charge on any atom is -0.755 e. The Morgan fingerprint density at radius 2 is 1.57 bits per heavy atom. The average Bonchev–Trinajstić information content (AvgIpc) is 3.27. The number of carbonyl (C=O) groups is 2. The lowest BCUT2D eigenvalue weighted by atomic mass is 10.0. The highest BCUT2D eigenvalue weighted by Gasteiger charge is 2.30. The standard InChI is InChI=1S/C26H24N2O6S/c1-16(2)24(26(30)31)28(35(32)33)21-13-9-18(10-14-21)17-7-11-20(12-8-17)27-25(29)23-15-19-5-3-4-6-22(19)34-23/h3-16,24H,1-2H3,(H,27,29)(H,30,31)(H,32,33)/p-1. The lowest BCUT2D eigenvalue weighted by Gasteiger charge is -2.34. The third kappa shape index (κ3) is 5.26. The van der Waals surface area contributed by atoms with Gasteiger partial charge in [-0.3, -0.25) is 13.3 Å². The maximum Gasteiger partial charge on any atom is 0.327 e. The summed E-state index contributed by atoms with van der Waals surface area (Å²) >= 11 is -2.75. The highest BCUT2D eigenvalue weighted by atomic mass is 32.2. The average molecular weight is 492 g/mol. The number of rotatable bonds is 8. The molecule has 0 aliphatic heterocycles. The van der Waals surface area contributed by atoms with Crippen molar-refractivity contribution in [1.82, 2.24) is 0 Å². The normalized spacial score (nSPS) is 12.9. The number of amides is 1. The molecule has 0 saturated carbocycles. The molecule has 2 N–H and O–H groups in total. The van der Waals surface area contributed by atoms with Crippen LogP contribution in [0.15, 0.2) is 83.3 Å². The van der Waals surface area contributed by atoms with Gasteiger partial charge in [-0.05, 0) is 53.4 Å². The molecule has 1 amide bonds. The third-order valence-corrected chi connectivity index (χ3v) is 6.30. The fourth-order valence-corrected chi connectivity index (χ4v) is 4.64. The van der Waals surface area contributed by atoms with Crippen molar-refractivity contribution in [1.29, 1.82) is 0 Å². The SMILES string of the molecule is CC(C)C(C(=O)O)N(c1ccc(-c2ccc(NC(=O)c3cc4ccccc4o3)cc2)cc1)S(=O)[O-]. The Labute approximate surface area is 204 Å². The first-order valence-electron chi connectivity index (χ1n) is 10.9. The Bertz CT molecular complexity index is 1350.